The first kappa shape index (κ1) is 24.1. The van der Waals surface area contributed by atoms with Crippen LogP contribution in [-0.4, -0.2) is 67.8 Å². The lowest BCUT2D eigenvalue weighted by Gasteiger charge is -2.36. The summed E-state index contributed by atoms with van der Waals surface area (Å²) in [5, 5.41) is 15.9. The average Bonchev–Trinajstić information content (AvgIpc) is 3.43. The first-order chi connectivity index (χ1) is 16.5. The maximum atomic E-state index is 13.7. The third kappa shape index (κ3) is 4.07. The fraction of sp³-hybridized carbons (Fsp3) is 0.640. The van der Waals surface area contributed by atoms with Gasteiger partial charge in [-0.3, -0.25) is 14.4 Å². The zero-order chi connectivity index (χ0) is 23.9. The molecule has 3 aliphatic heterocycles. The highest BCUT2D eigenvalue weighted by atomic mass is 79.9. The van der Waals surface area contributed by atoms with Crippen LogP contribution in [-0.2, 0) is 20.9 Å². The van der Waals surface area contributed by atoms with Crippen LogP contribution in [0.1, 0.15) is 44.1 Å². The van der Waals surface area contributed by atoms with Crippen molar-refractivity contribution in [2.24, 2.45) is 11.8 Å². The lowest BCUT2D eigenvalue weighted by atomic mass is 9.70. The molecule has 34 heavy (non-hydrogen) atoms. The molecule has 1 aromatic carbocycles. The highest BCUT2D eigenvalue weighted by molar-refractivity contribution is 9.09. The standard InChI is InChI=1S/C25H32BrN3O4S/c26-17-13-25-19(18(20(17)34-25)22(31)27-14-15-7-3-1-4-8-15)24(33)29(11-12-30)21(25)23(32)28-16-9-5-2-6-10-16/h1,3-4,7-8,16-21,30H,2,5-6,9-14H2,(H,27,31)(H,28,32)/t17?,18-,19-,20-,21?,25?/m0/s1. The third-order valence-corrected chi connectivity index (χ3v) is 11.2. The van der Waals surface area contributed by atoms with Crippen molar-refractivity contribution in [1.29, 1.82) is 0 Å². The summed E-state index contributed by atoms with van der Waals surface area (Å²) in [4.78, 5) is 42.4. The van der Waals surface area contributed by atoms with Gasteiger partial charge in [-0.2, -0.15) is 0 Å². The molecule has 9 heteroatoms. The van der Waals surface area contributed by atoms with E-state index in [4.69, 9.17) is 0 Å². The monoisotopic (exact) mass is 549 g/mol. The molecule has 4 aliphatic rings. The Morgan fingerprint density at radius 2 is 1.88 bits per heavy atom. The average molecular weight is 551 g/mol. The Balaban J connectivity index is 1.40. The predicted molar refractivity (Wildman–Crippen MR) is 134 cm³/mol. The van der Waals surface area contributed by atoms with E-state index in [1.54, 1.807) is 16.7 Å². The number of alkyl halides is 1. The van der Waals surface area contributed by atoms with Crippen LogP contribution in [0.3, 0.4) is 0 Å². The summed E-state index contributed by atoms with van der Waals surface area (Å²) < 4.78 is -0.654. The molecule has 4 fully saturated rings. The lowest BCUT2D eigenvalue weighted by Crippen LogP contribution is -2.56. The Bertz CT molecular complexity index is 943. The van der Waals surface area contributed by atoms with E-state index >= 15 is 0 Å². The number of carbonyl (C=O) groups is 3. The minimum atomic E-state index is -0.666. The van der Waals surface area contributed by atoms with Crippen molar-refractivity contribution in [3.8, 4) is 0 Å². The number of hydrogen-bond donors (Lipinski definition) is 3. The number of halogens is 1. The number of likely N-dealkylation sites (tertiary alicyclic amines) is 1. The molecule has 3 heterocycles. The van der Waals surface area contributed by atoms with Gasteiger partial charge in [-0.05, 0) is 24.8 Å². The lowest BCUT2D eigenvalue weighted by molar-refractivity contribution is -0.140. The highest BCUT2D eigenvalue weighted by Crippen LogP contribution is 2.67. The van der Waals surface area contributed by atoms with Gasteiger partial charge in [-0.15, -0.1) is 11.8 Å². The Hall–Kier alpha value is -1.58. The van der Waals surface area contributed by atoms with Crippen molar-refractivity contribution in [2.75, 3.05) is 13.2 Å². The number of nitrogens with one attached hydrogen (secondary N) is 2. The molecule has 7 nitrogen and oxygen atoms in total. The van der Waals surface area contributed by atoms with E-state index in [2.05, 4.69) is 26.6 Å². The summed E-state index contributed by atoms with van der Waals surface area (Å²) in [6.45, 7) is 0.301. The molecule has 1 saturated carbocycles. The SMILES string of the molecule is O=C(NC1CCCCC1)C1N(CCO)C(=O)[C@@H]2[C@H](C(=O)NCc3ccccc3)[C@H]3SC12CC3Br. The van der Waals surface area contributed by atoms with Crippen molar-refractivity contribution >= 4 is 45.4 Å². The third-order valence-electron chi connectivity index (χ3n) is 7.94. The van der Waals surface area contributed by atoms with Crippen LogP contribution >= 0.6 is 27.7 Å². The van der Waals surface area contributed by atoms with Gasteiger partial charge < -0.3 is 20.6 Å². The highest BCUT2D eigenvalue weighted by Gasteiger charge is 2.75. The number of carbonyl (C=O) groups excluding carboxylic acids is 3. The normalized spacial score (nSPS) is 34.8. The zero-order valence-electron chi connectivity index (χ0n) is 19.1. The molecule has 5 rings (SSSR count). The van der Waals surface area contributed by atoms with E-state index in [9.17, 15) is 19.5 Å². The molecule has 3 N–H and O–H groups in total. The molecule has 184 valence electrons. The minimum Gasteiger partial charge on any atom is -0.395 e. The second kappa shape index (κ2) is 9.82. The van der Waals surface area contributed by atoms with E-state index in [1.807, 2.05) is 30.3 Å². The number of benzene rings is 1. The number of rotatable bonds is 7. The Kier molecular flexibility index (Phi) is 6.97. The summed E-state index contributed by atoms with van der Waals surface area (Å²) in [5.74, 6) is -1.50. The van der Waals surface area contributed by atoms with Crippen LogP contribution in [0.4, 0.5) is 0 Å². The number of aliphatic hydroxyl groups is 1. The van der Waals surface area contributed by atoms with Crippen molar-refractivity contribution in [3.63, 3.8) is 0 Å². The molecule has 1 aromatic rings. The van der Waals surface area contributed by atoms with Gasteiger partial charge in [-0.1, -0.05) is 65.5 Å². The molecule has 3 saturated heterocycles. The Morgan fingerprint density at radius 3 is 2.59 bits per heavy atom. The van der Waals surface area contributed by atoms with Gasteiger partial charge in [0.1, 0.15) is 6.04 Å². The summed E-state index contributed by atoms with van der Waals surface area (Å²) in [5.41, 5.74) is 1.00. The Morgan fingerprint density at radius 1 is 1.15 bits per heavy atom. The van der Waals surface area contributed by atoms with Gasteiger partial charge in [0.25, 0.3) is 0 Å². The molecule has 3 unspecified atom stereocenters. The van der Waals surface area contributed by atoms with Crippen LogP contribution in [0.25, 0.3) is 0 Å². The second-order valence-electron chi connectivity index (χ2n) is 9.97. The summed E-state index contributed by atoms with van der Waals surface area (Å²) in [6.07, 6.45) is 5.99. The largest absolute Gasteiger partial charge is 0.395 e. The fourth-order valence-electron chi connectivity index (χ4n) is 6.51. The molecular formula is C25H32BrN3O4S. The quantitative estimate of drug-likeness (QED) is 0.453. The first-order valence-corrected chi connectivity index (χ1v) is 14.1. The van der Waals surface area contributed by atoms with Gasteiger partial charge in [-0.25, -0.2) is 0 Å². The molecule has 1 aliphatic carbocycles. The van der Waals surface area contributed by atoms with Crippen LogP contribution in [0.5, 0.6) is 0 Å². The van der Waals surface area contributed by atoms with Crippen LogP contribution in [0.15, 0.2) is 30.3 Å². The zero-order valence-corrected chi connectivity index (χ0v) is 21.5. The minimum absolute atomic E-state index is 0.0492. The van der Waals surface area contributed by atoms with Crippen LogP contribution in [0, 0.1) is 11.8 Å². The number of aliphatic hydroxyl groups excluding tert-OH is 1. The topological polar surface area (TPSA) is 98.7 Å². The summed E-state index contributed by atoms with van der Waals surface area (Å²) in [6, 6.07) is 9.18. The maximum absolute atomic E-state index is 13.7. The number of nitrogens with zero attached hydrogens (tertiary/aromatic N) is 1. The molecule has 0 radical (unpaired) electrons. The van der Waals surface area contributed by atoms with E-state index in [0.29, 0.717) is 13.0 Å². The van der Waals surface area contributed by atoms with E-state index in [-0.39, 0.29) is 47.0 Å². The van der Waals surface area contributed by atoms with Gasteiger partial charge in [0.05, 0.1) is 23.2 Å². The molecule has 0 aromatic heterocycles. The molecule has 2 bridgehead atoms. The van der Waals surface area contributed by atoms with Gasteiger partial charge >= 0.3 is 0 Å². The first-order valence-electron chi connectivity index (χ1n) is 12.3. The smallest absolute Gasteiger partial charge is 0.244 e. The van der Waals surface area contributed by atoms with Crippen molar-refractivity contribution in [3.05, 3.63) is 35.9 Å². The van der Waals surface area contributed by atoms with Crippen LogP contribution < -0.4 is 10.6 Å². The van der Waals surface area contributed by atoms with E-state index < -0.39 is 22.6 Å². The van der Waals surface area contributed by atoms with Crippen molar-refractivity contribution in [2.45, 2.75) is 72.0 Å². The fourth-order valence-corrected chi connectivity index (χ4v) is 10.1. The molecule has 6 atom stereocenters. The number of β-amino-alcohol motifs (C(OH)–C–C–N with tert-alkyl or cyclic N) is 1. The van der Waals surface area contributed by atoms with E-state index in [1.165, 1.54) is 6.42 Å². The number of fused-ring (bicyclic) bond motifs is 1. The number of amides is 3. The summed E-state index contributed by atoms with van der Waals surface area (Å²) >= 11 is 5.41. The van der Waals surface area contributed by atoms with Gasteiger partial charge in [0.2, 0.25) is 17.7 Å². The van der Waals surface area contributed by atoms with Gasteiger partial charge in [0, 0.05) is 29.2 Å². The molecule has 3 amide bonds. The van der Waals surface area contributed by atoms with Crippen molar-refractivity contribution < 1.29 is 19.5 Å². The van der Waals surface area contributed by atoms with Crippen LogP contribution in [0.2, 0.25) is 0 Å². The predicted octanol–water partition coefficient (Wildman–Crippen LogP) is 2.21. The number of hydrogen-bond acceptors (Lipinski definition) is 5. The van der Waals surface area contributed by atoms with Crippen molar-refractivity contribution in [1.82, 2.24) is 15.5 Å². The van der Waals surface area contributed by atoms with Gasteiger partial charge in [0.15, 0.2) is 0 Å². The molecular weight excluding hydrogens is 518 g/mol. The Labute approximate surface area is 212 Å². The summed E-state index contributed by atoms with van der Waals surface area (Å²) in [7, 11) is 0. The number of thioether (sulfide) groups is 1. The second-order valence-corrected chi connectivity index (χ2v) is 12.7. The van der Waals surface area contributed by atoms with E-state index in [0.717, 1.165) is 31.2 Å². The molecule has 1 spiro atoms. The maximum Gasteiger partial charge on any atom is 0.244 e.